The Bertz CT molecular complexity index is 4710. The zero-order valence-corrected chi connectivity index (χ0v) is 58.9. The van der Waals surface area contributed by atoms with E-state index in [-0.39, 0.29) is 55.6 Å². The monoisotopic (exact) mass is 1220 g/mol. The third kappa shape index (κ3) is 8.09. The van der Waals surface area contributed by atoms with Gasteiger partial charge in [0, 0.05) is 61.6 Å². The minimum atomic E-state index is -0.266. The van der Waals surface area contributed by atoms with E-state index in [0.29, 0.717) is 0 Å². The fourth-order valence-corrected chi connectivity index (χ4v) is 20.2. The van der Waals surface area contributed by atoms with Crippen molar-refractivity contribution in [3.05, 3.63) is 231 Å². The molecule has 470 valence electrons. The Morgan fingerprint density at radius 2 is 0.903 bits per heavy atom. The average molecular weight is 1220 g/mol. The Kier molecular flexibility index (Phi) is 12.2. The molecule has 1 saturated carbocycles. The number of anilines is 8. The van der Waals surface area contributed by atoms with Crippen molar-refractivity contribution >= 4 is 68.6 Å². The lowest BCUT2D eigenvalue weighted by atomic mass is 9.32. The molecule has 0 bridgehead atoms. The van der Waals surface area contributed by atoms with Crippen LogP contribution >= 0.6 is 0 Å². The van der Waals surface area contributed by atoms with E-state index in [2.05, 4.69) is 296 Å². The van der Waals surface area contributed by atoms with Crippen LogP contribution in [0.3, 0.4) is 0 Å². The summed E-state index contributed by atoms with van der Waals surface area (Å²) in [6.07, 6.45) is 10.2. The van der Waals surface area contributed by atoms with E-state index in [4.69, 9.17) is 0 Å². The van der Waals surface area contributed by atoms with Crippen LogP contribution in [0, 0.1) is 0 Å². The first-order valence-corrected chi connectivity index (χ1v) is 35.6. The molecule has 1 fully saturated rings. The minimum absolute atomic E-state index is 0.00677. The van der Waals surface area contributed by atoms with Gasteiger partial charge in [-0.3, -0.25) is 0 Å². The van der Waals surface area contributed by atoms with Gasteiger partial charge in [0.1, 0.15) is 0 Å². The molecule has 2 atom stereocenters. The van der Waals surface area contributed by atoms with Crippen molar-refractivity contribution < 1.29 is 0 Å². The van der Waals surface area contributed by atoms with Gasteiger partial charge in [0.05, 0.1) is 11.2 Å². The molecule has 3 heterocycles. The van der Waals surface area contributed by atoms with Gasteiger partial charge in [-0.25, -0.2) is 0 Å². The van der Waals surface area contributed by atoms with Gasteiger partial charge < -0.3 is 14.7 Å². The Balaban J connectivity index is 1.02. The molecule has 0 aromatic heterocycles. The first-order chi connectivity index (χ1) is 43.9. The largest absolute Gasteiger partial charge is 0.334 e. The van der Waals surface area contributed by atoms with E-state index in [1.54, 1.807) is 0 Å². The van der Waals surface area contributed by atoms with Crippen LogP contribution in [0.4, 0.5) is 45.5 Å². The van der Waals surface area contributed by atoms with Crippen molar-refractivity contribution in [3.63, 3.8) is 0 Å². The minimum Gasteiger partial charge on any atom is -0.334 e. The van der Waals surface area contributed by atoms with Gasteiger partial charge in [0.25, 0.3) is 6.71 Å². The highest BCUT2D eigenvalue weighted by atomic mass is 15.3. The lowest BCUT2D eigenvalue weighted by Gasteiger charge is -2.52. The topological polar surface area (TPSA) is 9.72 Å². The number of rotatable bonds is 4. The predicted octanol–water partition coefficient (Wildman–Crippen LogP) is 21.7. The van der Waals surface area contributed by atoms with Crippen LogP contribution in [0.5, 0.6) is 0 Å². The SMILES string of the molecule is CC(C)(C)c1ccc(-c2ccc3c(c2)C2(C)CCCCC2(C)N3c2cc3c4c(c2)N(c2cccc5c2-c2ccccc2C5)c2cc5c(cc2B4c2cc4c(cc2N3c2ccc3c(c2)C(C)(C)CCC3(C)C)C(C)(C)CCC4(C)C)C(C)(C)c2ccccc2C5(C)C)cc1. The van der Waals surface area contributed by atoms with Crippen molar-refractivity contribution in [2.75, 3.05) is 14.7 Å². The summed E-state index contributed by atoms with van der Waals surface area (Å²) < 4.78 is 0. The highest BCUT2D eigenvalue weighted by molar-refractivity contribution is 7.00. The second kappa shape index (κ2) is 19.1. The molecule has 0 saturated heterocycles. The number of nitrogens with zero attached hydrogens (tertiary/aromatic N) is 3. The first-order valence-electron chi connectivity index (χ1n) is 35.6. The van der Waals surface area contributed by atoms with Crippen LogP contribution in [0.15, 0.2) is 164 Å². The van der Waals surface area contributed by atoms with Gasteiger partial charge in [-0.2, -0.15) is 0 Å². The molecule has 5 aliphatic carbocycles. The Morgan fingerprint density at radius 3 is 1.57 bits per heavy atom. The molecular formula is C89H96BN3. The van der Waals surface area contributed by atoms with Crippen LogP contribution in [-0.4, -0.2) is 12.3 Å². The van der Waals surface area contributed by atoms with E-state index in [0.717, 1.165) is 38.5 Å². The number of fused-ring (bicyclic) bond motifs is 14. The molecule has 2 unspecified atom stereocenters. The highest BCUT2D eigenvalue weighted by Crippen LogP contribution is 2.64. The van der Waals surface area contributed by atoms with E-state index in [1.165, 1.54) is 170 Å². The summed E-state index contributed by atoms with van der Waals surface area (Å²) in [4.78, 5) is 8.55. The molecule has 0 N–H and O–H groups in total. The maximum Gasteiger partial charge on any atom is 0.252 e. The van der Waals surface area contributed by atoms with Crippen molar-refractivity contribution in [2.24, 2.45) is 0 Å². The van der Waals surface area contributed by atoms with E-state index in [9.17, 15) is 0 Å². The highest BCUT2D eigenvalue weighted by Gasteiger charge is 2.59. The van der Waals surface area contributed by atoms with Gasteiger partial charge >= 0.3 is 0 Å². The normalized spacial score (nSPS) is 22.8. The molecule has 0 spiro atoms. The lowest BCUT2D eigenvalue weighted by molar-refractivity contribution is 0.195. The Morgan fingerprint density at radius 1 is 0.366 bits per heavy atom. The third-order valence-electron chi connectivity index (χ3n) is 26.4. The van der Waals surface area contributed by atoms with Crippen molar-refractivity contribution in [3.8, 4) is 22.3 Å². The zero-order chi connectivity index (χ0) is 64.9. The molecular weight excluding hydrogens is 1120 g/mol. The van der Waals surface area contributed by atoms with Gasteiger partial charge in [-0.1, -0.05) is 233 Å². The molecule has 0 radical (unpaired) electrons. The molecule has 9 aromatic rings. The van der Waals surface area contributed by atoms with Crippen LogP contribution in [0.1, 0.15) is 236 Å². The second-order valence-electron chi connectivity index (χ2n) is 35.3. The summed E-state index contributed by atoms with van der Waals surface area (Å²) in [7, 11) is 0. The third-order valence-corrected chi connectivity index (χ3v) is 26.4. The van der Waals surface area contributed by atoms with Crippen LogP contribution in [-0.2, 0) is 49.7 Å². The predicted molar refractivity (Wildman–Crippen MR) is 397 cm³/mol. The number of hydrogen-bond donors (Lipinski definition) is 0. The lowest BCUT2D eigenvalue weighted by Crippen LogP contribution is -2.62. The summed E-state index contributed by atoms with van der Waals surface area (Å²) in [5.74, 6) is 0. The maximum atomic E-state index is 2.90. The quantitative estimate of drug-likeness (QED) is 0.163. The van der Waals surface area contributed by atoms with Crippen molar-refractivity contribution in [1.82, 2.24) is 0 Å². The van der Waals surface area contributed by atoms with E-state index < -0.39 is 0 Å². The number of hydrogen-bond acceptors (Lipinski definition) is 3. The molecule has 4 heteroatoms. The number of benzene rings is 9. The van der Waals surface area contributed by atoms with E-state index in [1.807, 2.05) is 0 Å². The summed E-state index contributed by atoms with van der Waals surface area (Å²) in [6.45, 7) is 42.4. The molecule has 93 heavy (non-hydrogen) atoms. The Labute approximate surface area is 557 Å². The summed E-state index contributed by atoms with van der Waals surface area (Å²) in [5.41, 5.74) is 36.7. The van der Waals surface area contributed by atoms with Crippen LogP contribution in [0.2, 0.25) is 0 Å². The molecule has 17 rings (SSSR count). The van der Waals surface area contributed by atoms with Gasteiger partial charge in [0.15, 0.2) is 0 Å². The fraction of sp³-hybridized carbons (Fsp3) is 0.393. The Hall–Kier alpha value is -7.56. The van der Waals surface area contributed by atoms with Crippen molar-refractivity contribution in [1.29, 1.82) is 0 Å². The molecule has 3 nitrogen and oxygen atoms in total. The molecule has 0 amide bonds. The smallest absolute Gasteiger partial charge is 0.252 e. The van der Waals surface area contributed by atoms with E-state index >= 15 is 0 Å². The van der Waals surface area contributed by atoms with Gasteiger partial charge in [-0.15, -0.1) is 0 Å². The van der Waals surface area contributed by atoms with Gasteiger partial charge in [0.2, 0.25) is 0 Å². The zero-order valence-electron chi connectivity index (χ0n) is 58.9. The summed E-state index contributed by atoms with van der Waals surface area (Å²) in [6, 6.07) is 67.2. The average Bonchev–Trinajstić information content (AvgIpc) is 0.860. The van der Waals surface area contributed by atoms with Crippen LogP contribution < -0.4 is 31.1 Å². The second-order valence-corrected chi connectivity index (χ2v) is 35.3. The van der Waals surface area contributed by atoms with Crippen molar-refractivity contribution in [2.45, 2.75) is 224 Å². The molecule has 3 aliphatic heterocycles. The molecule has 9 aromatic carbocycles. The van der Waals surface area contributed by atoms with Crippen LogP contribution in [0.25, 0.3) is 22.3 Å². The standard InChI is InChI=1S/C89H96BN3/c1-81(2,3)58-34-31-54(32-35-58)55-33-38-73-70(46-55)88(16)39-22-23-40-89(88,17)93(73)60-48-77-80-78(49-60)92(74-30-24-26-57-45-56-25-18-19-27-61(56)79(57)74)76-53-69-68(86(12,13)63-28-20-21-29-64(63)87(69,14)15)51-72(76)90(80)71-50-66-67(85(10,11)44-43-84(66,8)9)52-75(71)91(77)59-36-37-62-65(47-59)83(6,7)42-41-82(62,4)5/h18-21,24-38,46-53H,22-23,39-45H2,1-17H3. The summed E-state index contributed by atoms with van der Waals surface area (Å²) >= 11 is 0. The molecule has 8 aliphatic rings. The maximum absolute atomic E-state index is 2.90. The first kappa shape index (κ1) is 59.2. The summed E-state index contributed by atoms with van der Waals surface area (Å²) in [5, 5.41) is 0. The van der Waals surface area contributed by atoms with Gasteiger partial charge in [-0.05, 0) is 233 Å². The fourth-order valence-electron chi connectivity index (χ4n) is 20.2.